The van der Waals surface area contributed by atoms with Gasteiger partial charge < -0.3 is 10.4 Å². The van der Waals surface area contributed by atoms with Gasteiger partial charge in [-0.15, -0.1) is 11.3 Å². The first-order valence-corrected chi connectivity index (χ1v) is 6.64. The molecule has 0 saturated carbocycles. The van der Waals surface area contributed by atoms with Crippen LogP contribution in [0.5, 0.6) is 0 Å². The second kappa shape index (κ2) is 7.65. The highest BCUT2D eigenvalue weighted by Gasteiger charge is 2.03. The maximum Gasteiger partial charge on any atom is 0.321 e. The number of rotatable bonds is 7. The second-order valence-corrected chi connectivity index (χ2v) is 4.74. The van der Waals surface area contributed by atoms with Crippen molar-refractivity contribution in [3.8, 4) is 0 Å². The number of thiazole rings is 1. The summed E-state index contributed by atoms with van der Waals surface area (Å²) in [6.07, 6.45) is 2.40. The van der Waals surface area contributed by atoms with Crippen LogP contribution in [0.3, 0.4) is 0 Å². The highest BCUT2D eigenvalue weighted by atomic mass is 32.1. The summed E-state index contributed by atoms with van der Waals surface area (Å²) < 4.78 is 0. The molecule has 18 heavy (non-hydrogen) atoms. The zero-order valence-electron chi connectivity index (χ0n) is 10.2. The van der Waals surface area contributed by atoms with Crippen molar-refractivity contribution in [2.24, 2.45) is 0 Å². The van der Waals surface area contributed by atoms with Crippen LogP contribution in [0.25, 0.3) is 0 Å². The molecule has 1 heterocycles. The Morgan fingerprint density at radius 1 is 1.39 bits per heavy atom. The number of nitrogens with one attached hydrogen (secondary N) is 2. The minimum atomic E-state index is -0.778. The standard InChI is InChI=1S/C11H17N3O3S/c1-8-7-18-11(13-8)14-10(17)12-6-4-2-3-5-9(15)16/h7H,2-6H2,1H3,(H,15,16)(H2,12,13,14,17). The molecule has 6 nitrogen and oxygen atoms in total. The Morgan fingerprint density at radius 2 is 2.17 bits per heavy atom. The molecule has 0 spiro atoms. The van der Waals surface area contributed by atoms with Gasteiger partial charge in [0.15, 0.2) is 5.13 Å². The molecule has 100 valence electrons. The first-order chi connectivity index (χ1) is 8.58. The fourth-order valence-electron chi connectivity index (χ4n) is 1.33. The monoisotopic (exact) mass is 271 g/mol. The van der Waals surface area contributed by atoms with Crippen molar-refractivity contribution >= 4 is 28.5 Å². The van der Waals surface area contributed by atoms with Crippen molar-refractivity contribution in [2.45, 2.75) is 32.6 Å². The minimum absolute atomic E-state index is 0.185. The van der Waals surface area contributed by atoms with Gasteiger partial charge in [-0.1, -0.05) is 6.42 Å². The molecule has 7 heteroatoms. The topological polar surface area (TPSA) is 91.3 Å². The number of hydrogen-bond donors (Lipinski definition) is 3. The molecular weight excluding hydrogens is 254 g/mol. The number of carbonyl (C=O) groups is 2. The van der Waals surface area contributed by atoms with E-state index in [2.05, 4.69) is 15.6 Å². The van der Waals surface area contributed by atoms with Gasteiger partial charge in [0.05, 0.1) is 5.69 Å². The quantitative estimate of drug-likeness (QED) is 0.663. The van der Waals surface area contributed by atoms with Crippen LogP contribution in [0.4, 0.5) is 9.93 Å². The third-order valence-corrected chi connectivity index (χ3v) is 3.07. The van der Waals surface area contributed by atoms with Crippen molar-refractivity contribution in [2.75, 3.05) is 11.9 Å². The molecule has 1 aromatic heterocycles. The number of nitrogens with zero attached hydrogens (tertiary/aromatic N) is 1. The maximum absolute atomic E-state index is 11.4. The predicted molar refractivity (Wildman–Crippen MR) is 70.0 cm³/mol. The van der Waals surface area contributed by atoms with Crippen molar-refractivity contribution in [3.63, 3.8) is 0 Å². The molecule has 0 aliphatic heterocycles. The highest BCUT2D eigenvalue weighted by Crippen LogP contribution is 2.13. The van der Waals surface area contributed by atoms with E-state index < -0.39 is 5.97 Å². The lowest BCUT2D eigenvalue weighted by molar-refractivity contribution is -0.137. The molecule has 0 aliphatic carbocycles. The van der Waals surface area contributed by atoms with Gasteiger partial charge >= 0.3 is 12.0 Å². The van der Waals surface area contributed by atoms with Gasteiger partial charge in [0, 0.05) is 18.3 Å². The molecule has 0 atom stereocenters. The van der Waals surface area contributed by atoms with Crippen LogP contribution < -0.4 is 10.6 Å². The van der Waals surface area contributed by atoms with E-state index in [0.29, 0.717) is 18.1 Å². The highest BCUT2D eigenvalue weighted by molar-refractivity contribution is 7.13. The van der Waals surface area contributed by atoms with Gasteiger partial charge in [0.2, 0.25) is 0 Å². The number of carboxylic acid groups (broad SMARTS) is 1. The summed E-state index contributed by atoms with van der Waals surface area (Å²) in [5.41, 5.74) is 0.879. The van der Waals surface area contributed by atoms with Crippen LogP contribution >= 0.6 is 11.3 Å². The average Bonchev–Trinajstić information content (AvgIpc) is 2.68. The summed E-state index contributed by atoms with van der Waals surface area (Å²) in [4.78, 5) is 25.8. The van der Waals surface area contributed by atoms with Crippen LogP contribution in [0, 0.1) is 6.92 Å². The van der Waals surface area contributed by atoms with Crippen LogP contribution in [0.2, 0.25) is 0 Å². The minimum Gasteiger partial charge on any atom is -0.481 e. The first-order valence-electron chi connectivity index (χ1n) is 5.76. The van der Waals surface area contributed by atoms with Gasteiger partial charge in [-0.25, -0.2) is 9.78 Å². The van der Waals surface area contributed by atoms with E-state index in [-0.39, 0.29) is 12.5 Å². The summed E-state index contributed by atoms with van der Waals surface area (Å²) in [7, 11) is 0. The Labute approximate surface area is 109 Å². The van der Waals surface area contributed by atoms with Gasteiger partial charge in [-0.2, -0.15) is 0 Å². The zero-order chi connectivity index (χ0) is 13.4. The fraction of sp³-hybridized carbons (Fsp3) is 0.545. The lowest BCUT2D eigenvalue weighted by Gasteiger charge is -2.04. The summed E-state index contributed by atoms with van der Waals surface area (Å²) in [6.45, 7) is 2.40. The van der Waals surface area contributed by atoms with Gasteiger partial charge in [-0.3, -0.25) is 10.1 Å². The van der Waals surface area contributed by atoms with Crippen molar-refractivity contribution in [1.82, 2.24) is 10.3 Å². The summed E-state index contributed by atoms with van der Waals surface area (Å²) >= 11 is 1.38. The number of carboxylic acids is 1. The zero-order valence-corrected chi connectivity index (χ0v) is 11.0. The summed E-state index contributed by atoms with van der Waals surface area (Å²) in [5, 5.41) is 16.2. The predicted octanol–water partition coefficient (Wildman–Crippen LogP) is 2.22. The third-order valence-electron chi connectivity index (χ3n) is 2.19. The largest absolute Gasteiger partial charge is 0.481 e. The number of hydrogen-bond acceptors (Lipinski definition) is 4. The molecule has 1 rings (SSSR count). The molecule has 0 bridgehead atoms. The van der Waals surface area contributed by atoms with Crippen LogP contribution in [0.1, 0.15) is 31.4 Å². The van der Waals surface area contributed by atoms with Gasteiger partial charge in [0.25, 0.3) is 0 Å². The molecule has 0 aromatic carbocycles. The Balaban J connectivity index is 2.05. The molecule has 1 aromatic rings. The van der Waals surface area contributed by atoms with Gasteiger partial charge in [0.1, 0.15) is 0 Å². The Morgan fingerprint density at radius 3 is 2.78 bits per heavy atom. The van der Waals surface area contributed by atoms with E-state index in [9.17, 15) is 9.59 Å². The number of anilines is 1. The lowest BCUT2D eigenvalue weighted by Crippen LogP contribution is -2.29. The van der Waals surface area contributed by atoms with E-state index in [1.54, 1.807) is 0 Å². The maximum atomic E-state index is 11.4. The number of unbranched alkanes of at least 4 members (excludes halogenated alkanes) is 2. The van der Waals surface area contributed by atoms with Crippen LogP contribution in [0.15, 0.2) is 5.38 Å². The van der Waals surface area contributed by atoms with E-state index in [1.165, 1.54) is 11.3 Å². The van der Waals surface area contributed by atoms with E-state index in [4.69, 9.17) is 5.11 Å². The molecule has 0 aliphatic rings. The SMILES string of the molecule is Cc1csc(NC(=O)NCCCCCC(=O)O)n1. The summed E-state index contributed by atoms with van der Waals surface area (Å²) in [5.74, 6) is -0.778. The van der Waals surface area contributed by atoms with Crippen molar-refractivity contribution in [1.29, 1.82) is 0 Å². The van der Waals surface area contributed by atoms with E-state index in [1.807, 2.05) is 12.3 Å². The van der Waals surface area contributed by atoms with Crippen LogP contribution in [-0.2, 0) is 4.79 Å². The molecule has 3 N–H and O–H groups in total. The van der Waals surface area contributed by atoms with Gasteiger partial charge in [-0.05, 0) is 19.8 Å². The fourth-order valence-corrected chi connectivity index (χ4v) is 2.02. The third kappa shape index (κ3) is 6.19. The molecule has 0 saturated heterocycles. The average molecular weight is 271 g/mol. The molecule has 0 radical (unpaired) electrons. The number of aryl methyl sites for hydroxylation is 1. The number of aliphatic carboxylic acids is 1. The smallest absolute Gasteiger partial charge is 0.321 e. The number of amides is 2. The van der Waals surface area contributed by atoms with Crippen molar-refractivity contribution < 1.29 is 14.7 Å². The van der Waals surface area contributed by atoms with E-state index >= 15 is 0 Å². The normalized spacial score (nSPS) is 10.1. The van der Waals surface area contributed by atoms with Crippen molar-refractivity contribution in [3.05, 3.63) is 11.1 Å². The Kier molecular flexibility index (Phi) is 6.13. The molecule has 0 fully saturated rings. The molecule has 2 amide bonds. The number of aromatic nitrogens is 1. The van der Waals surface area contributed by atoms with Crippen LogP contribution in [-0.4, -0.2) is 28.6 Å². The summed E-state index contributed by atoms with van der Waals surface area (Å²) in [6, 6.07) is -0.275. The number of urea groups is 1. The molecule has 0 unspecified atom stereocenters. The molecular formula is C11H17N3O3S. The number of carbonyl (C=O) groups excluding carboxylic acids is 1. The lowest BCUT2D eigenvalue weighted by atomic mass is 10.2. The Bertz CT molecular complexity index is 406. The second-order valence-electron chi connectivity index (χ2n) is 3.88. The first kappa shape index (κ1) is 14.4. The van der Waals surface area contributed by atoms with E-state index in [0.717, 1.165) is 18.5 Å². The Hall–Kier alpha value is -1.63.